The summed E-state index contributed by atoms with van der Waals surface area (Å²) in [7, 11) is 1.73. The summed E-state index contributed by atoms with van der Waals surface area (Å²) in [6.07, 6.45) is 0.696. The lowest BCUT2D eigenvalue weighted by atomic mass is 9.93. The summed E-state index contributed by atoms with van der Waals surface area (Å²) < 4.78 is 1.54. The molecule has 0 bridgehead atoms. The van der Waals surface area contributed by atoms with E-state index in [0.717, 1.165) is 16.7 Å². The number of aryl methyl sites for hydroxylation is 2. The quantitative estimate of drug-likeness (QED) is 0.807. The minimum absolute atomic E-state index is 0.582. The number of nitriles is 1. The topological polar surface area (TPSA) is 74.7 Å². The first kappa shape index (κ1) is 14.9. The van der Waals surface area contributed by atoms with Gasteiger partial charge in [0, 0.05) is 12.6 Å². The van der Waals surface area contributed by atoms with Crippen LogP contribution < -0.4 is 0 Å². The highest BCUT2D eigenvalue weighted by atomic mass is 16.3. The van der Waals surface area contributed by atoms with Gasteiger partial charge in [-0.2, -0.15) is 5.26 Å². The van der Waals surface area contributed by atoms with Gasteiger partial charge in [-0.3, -0.25) is 0 Å². The Morgan fingerprint density at radius 1 is 1.17 bits per heavy atom. The Balaban J connectivity index is 2.13. The van der Waals surface area contributed by atoms with E-state index < -0.39 is 6.10 Å². The molecule has 114 valence electrons. The zero-order valence-corrected chi connectivity index (χ0v) is 12.9. The number of aliphatic hydroxyl groups excluding tert-OH is 1. The Kier molecular flexibility index (Phi) is 3.92. The molecule has 0 spiro atoms. The molecule has 0 saturated heterocycles. The molecule has 1 aromatic heterocycles. The van der Waals surface area contributed by atoms with E-state index in [9.17, 15) is 10.4 Å². The number of hydrogen-bond acceptors (Lipinski definition) is 4. The van der Waals surface area contributed by atoms with Gasteiger partial charge >= 0.3 is 0 Å². The van der Waals surface area contributed by atoms with E-state index in [1.54, 1.807) is 19.2 Å². The van der Waals surface area contributed by atoms with E-state index in [0.29, 0.717) is 16.8 Å². The van der Waals surface area contributed by atoms with Crippen LogP contribution in [-0.2, 0) is 7.05 Å². The summed E-state index contributed by atoms with van der Waals surface area (Å²) in [6.45, 7) is 2.00. The molecule has 0 saturated carbocycles. The largest absolute Gasteiger partial charge is 0.382 e. The van der Waals surface area contributed by atoms with Crippen molar-refractivity contribution in [1.82, 2.24) is 15.0 Å². The van der Waals surface area contributed by atoms with Crippen molar-refractivity contribution in [2.45, 2.75) is 13.0 Å². The number of hydrogen-bond donors (Lipinski definition) is 1. The van der Waals surface area contributed by atoms with Gasteiger partial charge in [0.2, 0.25) is 0 Å². The lowest BCUT2D eigenvalue weighted by Gasteiger charge is -2.14. The first-order valence-corrected chi connectivity index (χ1v) is 7.24. The van der Waals surface area contributed by atoms with Crippen molar-refractivity contribution in [2.24, 2.45) is 7.05 Å². The normalized spacial score (nSPS) is 11.9. The van der Waals surface area contributed by atoms with Crippen LogP contribution in [0.15, 0.2) is 48.7 Å². The monoisotopic (exact) mass is 304 g/mol. The molecule has 5 heteroatoms. The van der Waals surface area contributed by atoms with Crippen molar-refractivity contribution >= 4 is 0 Å². The van der Waals surface area contributed by atoms with Gasteiger partial charge in [0.15, 0.2) is 0 Å². The molecule has 2 aromatic carbocycles. The summed E-state index contributed by atoms with van der Waals surface area (Å²) in [5.41, 5.74) is 4.77. The Hall–Kier alpha value is -2.97. The van der Waals surface area contributed by atoms with Crippen LogP contribution in [0.1, 0.15) is 28.5 Å². The molecule has 1 N–H and O–H groups in total. The highest BCUT2D eigenvalue weighted by Crippen LogP contribution is 2.31. The smallest absolute Gasteiger partial charge is 0.122 e. The second kappa shape index (κ2) is 6.03. The zero-order chi connectivity index (χ0) is 16.4. The average Bonchev–Trinajstić information content (AvgIpc) is 3.00. The predicted molar refractivity (Wildman–Crippen MR) is 86.4 cm³/mol. The van der Waals surface area contributed by atoms with E-state index in [2.05, 4.69) is 16.4 Å². The van der Waals surface area contributed by atoms with Gasteiger partial charge in [0.1, 0.15) is 6.10 Å². The Morgan fingerprint density at radius 2 is 1.96 bits per heavy atom. The van der Waals surface area contributed by atoms with Crippen LogP contribution in [0.2, 0.25) is 0 Å². The van der Waals surface area contributed by atoms with Gasteiger partial charge in [-0.1, -0.05) is 35.5 Å². The molecule has 0 fully saturated rings. The van der Waals surface area contributed by atoms with Gasteiger partial charge in [0.05, 0.1) is 23.5 Å². The van der Waals surface area contributed by atoms with Crippen molar-refractivity contribution in [3.63, 3.8) is 0 Å². The van der Waals surface area contributed by atoms with E-state index in [1.807, 2.05) is 37.3 Å². The van der Waals surface area contributed by atoms with Crippen LogP contribution in [0, 0.1) is 18.3 Å². The lowest BCUT2D eigenvalue weighted by Crippen LogP contribution is -2.07. The van der Waals surface area contributed by atoms with E-state index in [1.165, 1.54) is 10.9 Å². The maximum atomic E-state index is 10.6. The van der Waals surface area contributed by atoms with E-state index in [-0.39, 0.29) is 0 Å². The Bertz CT molecular complexity index is 892. The number of aliphatic hydroxyl groups is 1. The average molecular weight is 304 g/mol. The van der Waals surface area contributed by atoms with Gasteiger partial charge in [-0.25, -0.2) is 4.68 Å². The van der Waals surface area contributed by atoms with Crippen LogP contribution >= 0.6 is 0 Å². The number of aromatic nitrogens is 3. The third-order valence-corrected chi connectivity index (χ3v) is 3.94. The molecule has 3 aromatic rings. The second-order valence-corrected chi connectivity index (χ2v) is 5.42. The molecular formula is C18H16N4O. The molecule has 5 nitrogen and oxygen atoms in total. The van der Waals surface area contributed by atoms with Crippen LogP contribution in [0.4, 0.5) is 0 Å². The number of benzene rings is 2. The molecule has 0 radical (unpaired) electrons. The lowest BCUT2D eigenvalue weighted by molar-refractivity contribution is 0.210. The number of rotatable bonds is 3. The van der Waals surface area contributed by atoms with Crippen molar-refractivity contribution in [3.8, 4) is 17.2 Å². The van der Waals surface area contributed by atoms with Crippen molar-refractivity contribution in [3.05, 3.63) is 71.0 Å². The maximum absolute atomic E-state index is 10.6. The summed E-state index contributed by atoms with van der Waals surface area (Å²) in [6, 6.07) is 15.5. The summed E-state index contributed by atoms with van der Waals surface area (Å²) in [5, 5.41) is 27.6. The third-order valence-electron chi connectivity index (χ3n) is 3.94. The van der Waals surface area contributed by atoms with Crippen molar-refractivity contribution in [1.29, 1.82) is 5.26 Å². The van der Waals surface area contributed by atoms with Gasteiger partial charge < -0.3 is 5.11 Å². The minimum atomic E-state index is -0.842. The minimum Gasteiger partial charge on any atom is -0.382 e. The highest BCUT2D eigenvalue weighted by Gasteiger charge is 2.17. The molecular weight excluding hydrogens is 288 g/mol. The fourth-order valence-electron chi connectivity index (χ4n) is 2.64. The molecule has 1 unspecified atom stereocenters. The second-order valence-electron chi connectivity index (χ2n) is 5.42. The van der Waals surface area contributed by atoms with Crippen LogP contribution in [-0.4, -0.2) is 20.1 Å². The van der Waals surface area contributed by atoms with E-state index in [4.69, 9.17) is 0 Å². The molecule has 0 amide bonds. The SMILES string of the molecule is Cc1ccccc1-c1cc(C(O)c2cnnn2C)ccc1C#N. The third kappa shape index (κ3) is 2.72. The highest BCUT2D eigenvalue weighted by molar-refractivity contribution is 5.74. The van der Waals surface area contributed by atoms with E-state index >= 15 is 0 Å². The van der Waals surface area contributed by atoms with Crippen molar-refractivity contribution in [2.75, 3.05) is 0 Å². The molecule has 1 atom stereocenters. The molecule has 0 aliphatic heterocycles. The molecule has 0 aliphatic carbocycles. The van der Waals surface area contributed by atoms with Crippen LogP contribution in [0.5, 0.6) is 0 Å². The molecule has 3 rings (SSSR count). The zero-order valence-electron chi connectivity index (χ0n) is 12.9. The standard InChI is InChI=1S/C18H16N4O/c1-12-5-3-4-6-15(12)16-9-13(7-8-14(16)10-19)18(23)17-11-20-21-22(17)2/h3-9,11,18,23H,1-2H3. The van der Waals surface area contributed by atoms with Gasteiger partial charge in [-0.15, -0.1) is 5.10 Å². The predicted octanol–water partition coefficient (Wildman–Crippen LogP) is 2.74. The Labute approximate surface area is 134 Å². The summed E-state index contributed by atoms with van der Waals surface area (Å²) in [4.78, 5) is 0. The fraction of sp³-hybridized carbons (Fsp3) is 0.167. The summed E-state index contributed by atoms with van der Waals surface area (Å²) in [5.74, 6) is 0. The van der Waals surface area contributed by atoms with Crippen LogP contribution in [0.25, 0.3) is 11.1 Å². The molecule has 1 heterocycles. The molecule has 23 heavy (non-hydrogen) atoms. The first-order valence-electron chi connectivity index (χ1n) is 7.24. The first-order chi connectivity index (χ1) is 11.1. The fourth-order valence-corrected chi connectivity index (χ4v) is 2.64. The number of nitrogens with zero attached hydrogens (tertiary/aromatic N) is 4. The van der Waals surface area contributed by atoms with Gasteiger partial charge in [-0.05, 0) is 35.7 Å². The van der Waals surface area contributed by atoms with Crippen molar-refractivity contribution < 1.29 is 5.11 Å². The van der Waals surface area contributed by atoms with Gasteiger partial charge in [0.25, 0.3) is 0 Å². The maximum Gasteiger partial charge on any atom is 0.122 e. The summed E-state index contributed by atoms with van der Waals surface area (Å²) >= 11 is 0. The molecule has 0 aliphatic rings. The Morgan fingerprint density at radius 3 is 2.61 bits per heavy atom. The van der Waals surface area contributed by atoms with Crippen LogP contribution in [0.3, 0.4) is 0 Å².